The molecule has 0 radical (unpaired) electrons. The number of hydrogen-bond donors (Lipinski definition) is 1. The Morgan fingerprint density at radius 3 is 3.08 bits per heavy atom. The van der Waals surface area contributed by atoms with Gasteiger partial charge in [0, 0.05) is 11.6 Å². The summed E-state index contributed by atoms with van der Waals surface area (Å²) in [7, 11) is 0. The summed E-state index contributed by atoms with van der Waals surface area (Å²) in [5.74, 6) is 0.173. The minimum absolute atomic E-state index is 0.173. The van der Waals surface area contributed by atoms with Gasteiger partial charge in [-0.1, -0.05) is 12.7 Å². The van der Waals surface area contributed by atoms with E-state index in [1.54, 1.807) is 18.2 Å². The average Bonchev–Trinajstić information content (AvgIpc) is 2.50. The summed E-state index contributed by atoms with van der Waals surface area (Å²) in [6, 6.07) is 3.13. The number of benzene rings is 1. The van der Waals surface area contributed by atoms with Crippen LogP contribution in [0.4, 0.5) is 0 Å². The van der Waals surface area contributed by atoms with Crippen molar-refractivity contribution >= 4 is 17.2 Å². The molecule has 0 atom stereocenters. The van der Waals surface area contributed by atoms with Gasteiger partial charge in [0.2, 0.25) is 0 Å². The van der Waals surface area contributed by atoms with Gasteiger partial charge in [0.05, 0.1) is 0 Å². The first-order chi connectivity index (χ1) is 5.81. The van der Waals surface area contributed by atoms with Gasteiger partial charge in [0.1, 0.15) is 11.3 Å². The Hall–Kier alpha value is -1.77. The molecule has 1 N–H and O–H groups in total. The maximum atomic E-state index is 9.23. The molecule has 0 aliphatic heterocycles. The standard InChI is InChI=1S/C9H7NO2/c1-2-6-3-7(11)4-8-9(6)12-5-10-8/h2-5,11H,1H2. The third kappa shape index (κ3) is 0.871. The van der Waals surface area contributed by atoms with Crippen molar-refractivity contribution in [2.75, 3.05) is 0 Å². The summed E-state index contributed by atoms with van der Waals surface area (Å²) in [6.45, 7) is 3.60. The number of phenols is 1. The first-order valence-corrected chi connectivity index (χ1v) is 3.50. The van der Waals surface area contributed by atoms with Crippen molar-refractivity contribution in [2.45, 2.75) is 0 Å². The molecule has 1 aromatic carbocycles. The zero-order valence-electron chi connectivity index (χ0n) is 6.32. The van der Waals surface area contributed by atoms with E-state index in [4.69, 9.17) is 4.42 Å². The molecule has 2 aromatic rings. The van der Waals surface area contributed by atoms with Gasteiger partial charge in [0.25, 0.3) is 0 Å². The van der Waals surface area contributed by atoms with E-state index in [-0.39, 0.29) is 5.75 Å². The van der Waals surface area contributed by atoms with Gasteiger partial charge in [-0.15, -0.1) is 0 Å². The van der Waals surface area contributed by atoms with Crippen LogP contribution in [0.25, 0.3) is 17.2 Å². The largest absolute Gasteiger partial charge is 0.508 e. The Labute approximate surface area is 69.0 Å². The second-order valence-corrected chi connectivity index (χ2v) is 2.44. The van der Waals surface area contributed by atoms with E-state index in [0.29, 0.717) is 11.1 Å². The monoisotopic (exact) mass is 161 g/mol. The van der Waals surface area contributed by atoms with Crippen LogP contribution in [-0.2, 0) is 0 Å². The highest BCUT2D eigenvalue weighted by molar-refractivity contribution is 5.83. The maximum Gasteiger partial charge on any atom is 0.182 e. The van der Waals surface area contributed by atoms with Crippen molar-refractivity contribution in [3.05, 3.63) is 30.7 Å². The van der Waals surface area contributed by atoms with Crippen LogP contribution in [0, 0.1) is 0 Å². The van der Waals surface area contributed by atoms with E-state index in [9.17, 15) is 5.11 Å². The Morgan fingerprint density at radius 1 is 1.50 bits per heavy atom. The van der Waals surface area contributed by atoms with E-state index in [2.05, 4.69) is 11.6 Å². The van der Waals surface area contributed by atoms with Crippen molar-refractivity contribution in [3.63, 3.8) is 0 Å². The zero-order valence-corrected chi connectivity index (χ0v) is 6.32. The number of phenolic OH excluding ortho intramolecular Hbond substituents is 1. The van der Waals surface area contributed by atoms with Crippen LogP contribution >= 0.6 is 0 Å². The summed E-state index contributed by atoms with van der Waals surface area (Å²) in [4.78, 5) is 3.91. The van der Waals surface area contributed by atoms with E-state index in [0.717, 1.165) is 5.56 Å². The van der Waals surface area contributed by atoms with Crippen LogP contribution in [0.5, 0.6) is 5.75 Å². The highest BCUT2D eigenvalue weighted by atomic mass is 16.3. The van der Waals surface area contributed by atoms with E-state index < -0.39 is 0 Å². The lowest BCUT2D eigenvalue weighted by Gasteiger charge is -1.95. The Kier molecular flexibility index (Phi) is 1.37. The Bertz CT molecular complexity index is 431. The van der Waals surface area contributed by atoms with Crippen LogP contribution < -0.4 is 0 Å². The number of aromatic nitrogens is 1. The average molecular weight is 161 g/mol. The molecule has 0 amide bonds. The molecular formula is C9H7NO2. The van der Waals surface area contributed by atoms with Crippen LogP contribution in [0.1, 0.15) is 5.56 Å². The Balaban J connectivity index is 2.88. The molecule has 1 heterocycles. The minimum atomic E-state index is 0.173. The van der Waals surface area contributed by atoms with Gasteiger partial charge in [-0.2, -0.15) is 0 Å². The molecule has 0 spiro atoms. The molecule has 12 heavy (non-hydrogen) atoms. The molecule has 0 fully saturated rings. The van der Waals surface area contributed by atoms with Crippen LogP contribution in [0.15, 0.2) is 29.5 Å². The van der Waals surface area contributed by atoms with Crippen LogP contribution in [0.2, 0.25) is 0 Å². The maximum absolute atomic E-state index is 9.23. The van der Waals surface area contributed by atoms with Crippen molar-refractivity contribution in [3.8, 4) is 5.75 Å². The van der Waals surface area contributed by atoms with Crippen molar-refractivity contribution < 1.29 is 9.52 Å². The van der Waals surface area contributed by atoms with Gasteiger partial charge in [-0.25, -0.2) is 4.98 Å². The lowest BCUT2D eigenvalue weighted by molar-refractivity contribution is 0.475. The third-order valence-corrected chi connectivity index (χ3v) is 1.67. The van der Waals surface area contributed by atoms with E-state index in [1.807, 2.05) is 0 Å². The minimum Gasteiger partial charge on any atom is -0.508 e. The fourth-order valence-corrected chi connectivity index (χ4v) is 1.13. The lowest BCUT2D eigenvalue weighted by atomic mass is 10.2. The molecular weight excluding hydrogens is 154 g/mol. The number of aromatic hydroxyl groups is 1. The fraction of sp³-hybridized carbons (Fsp3) is 0. The molecule has 0 saturated heterocycles. The summed E-state index contributed by atoms with van der Waals surface area (Å²) >= 11 is 0. The SMILES string of the molecule is C=Cc1cc(O)cc2ncoc12. The molecule has 3 heteroatoms. The number of rotatable bonds is 1. The molecule has 0 saturated carbocycles. The van der Waals surface area contributed by atoms with E-state index in [1.165, 1.54) is 6.39 Å². The van der Waals surface area contributed by atoms with Crippen LogP contribution in [-0.4, -0.2) is 10.1 Å². The number of fused-ring (bicyclic) bond motifs is 1. The molecule has 0 aliphatic rings. The molecule has 3 nitrogen and oxygen atoms in total. The Morgan fingerprint density at radius 2 is 2.33 bits per heavy atom. The van der Waals surface area contributed by atoms with Gasteiger partial charge in [-0.3, -0.25) is 0 Å². The molecule has 2 rings (SSSR count). The summed E-state index contributed by atoms with van der Waals surface area (Å²) < 4.78 is 5.10. The van der Waals surface area contributed by atoms with Gasteiger partial charge >= 0.3 is 0 Å². The quantitative estimate of drug-likeness (QED) is 0.697. The summed E-state index contributed by atoms with van der Waals surface area (Å²) in [5.41, 5.74) is 2.05. The normalized spacial score (nSPS) is 10.3. The smallest absolute Gasteiger partial charge is 0.182 e. The summed E-state index contributed by atoms with van der Waals surface area (Å²) in [6.07, 6.45) is 2.96. The van der Waals surface area contributed by atoms with Crippen molar-refractivity contribution in [1.29, 1.82) is 0 Å². The lowest BCUT2D eigenvalue weighted by Crippen LogP contribution is -1.74. The van der Waals surface area contributed by atoms with E-state index >= 15 is 0 Å². The first kappa shape index (κ1) is 6.91. The number of oxazole rings is 1. The van der Waals surface area contributed by atoms with Gasteiger partial charge < -0.3 is 9.52 Å². The van der Waals surface area contributed by atoms with Crippen LogP contribution in [0.3, 0.4) is 0 Å². The first-order valence-electron chi connectivity index (χ1n) is 3.50. The fourth-order valence-electron chi connectivity index (χ4n) is 1.13. The third-order valence-electron chi connectivity index (χ3n) is 1.67. The van der Waals surface area contributed by atoms with Crippen molar-refractivity contribution in [1.82, 2.24) is 4.98 Å². The summed E-state index contributed by atoms with van der Waals surface area (Å²) in [5, 5.41) is 9.23. The van der Waals surface area contributed by atoms with Crippen molar-refractivity contribution in [2.24, 2.45) is 0 Å². The van der Waals surface area contributed by atoms with Gasteiger partial charge in [-0.05, 0) is 6.07 Å². The predicted octanol–water partition coefficient (Wildman–Crippen LogP) is 2.18. The topological polar surface area (TPSA) is 46.3 Å². The molecule has 0 unspecified atom stereocenters. The molecule has 0 bridgehead atoms. The number of hydrogen-bond acceptors (Lipinski definition) is 3. The highest BCUT2D eigenvalue weighted by Crippen LogP contribution is 2.24. The molecule has 60 valence electrons. The number of nitrogens with zero attached hydrogens (tertiary/aromatic N) is 1. The highest BCUT2D eigenvalue weighted by Gasteiger charge is 2.04. The molecule has 0 aliphatic carbocycles. The molecule has 1 aromatic heterocycles. The second-order valence-electron chi connectivity index (χ2n) is 2.44. The second kappa shape index (κ2) is 2.37. The predicted molar refractivity (Wildman–Crippen MR) is 45.8 cm³/mol. The zero-order chi connectivity index (χ0) is 8.55. The van der Waals surface area contributed by atoms with Gasteiger partial charge in [0.15, 0.2) is 12.0 Å².